The van der Waals surface area contributed by atoms with Crippen LogP contribution in [0.4, 0.5) is 8.78 Å². The Balaban J connectivity index is 1.39. The summed E-state index contributed by atoms with van der Waals surface area (Å²) in [5, 5.41) is 9.27. The lowest BCUT2D eigenvalue weighted by Gasteiger charge is -2.28. The molecule has 1 aliphatic rings. The predicted molar refractivity (Wildman–Crippen MR) is 134 cm³/mol. The molecule has 4 rings (SSSR count). The van der Waals surface area contributed by atoms with Crippen LogP contribution >= 0.6 is 11.8 Å². The van der Waals surface area contributed by atoms with Crippen LogP contribution in [0.25, 0.3) is 11.1 Å². The molecule has 0 atom stereocenters. The lowest BCUT2D eigenvalue weighted by Crippen LogP contribution is -2.40. The van der Waals surface area contributed by atoms with E-state index in [1.54, 1.807) is 36.6 Å². The van der Waals surface area contributed by atoms with Gasteiger partial charge < -0.3 is 23.9 Å². The van der Waals surface area contributed by atoms with Gasteiger partial charge in [-0.25, -0.2) is 8.78 Å². The molecule has 3 aromatic rings. The number of rotatable bonds is 10. The summed E-state index contributed by atoms with van der Waals surface area (Å²) in [6, 6.07) is 12.4. The number of carboxylic acids is 1. The minimum atomic E-state index is -1.09. The first-order valence-electron chi connectivity index (χ1n) is 11.8. The van der Waals surface area contributed by atoms with E-state index in [-0.39, 0.29) is 18.3 Å². The highest BCUT2D eigenvalue weighted by atomic mass is 32.2. The van der Waals surface area contributed by atoms with Gasteiger partial charge in [-0.2, -0.15) is 0 Å². The lowest BCUT2D eigenvalue weighted by atomic mass is 9.99. The van der Waals surface area contributed by atoms with Gasteiger partial charge in [-0.1, -0.05) is 12.1 Å². The molecule has 0 bridgehead atoms. The summed E-state index contributed by atoms with van der Waals surface area (Å²) in [4.78, 5) is 26.2. The lowest BCUT2D eigenvalue weighted by molar-refractivity contribution is -0.138. The maximum Gasteiger partial charge on any atom is 0.323 e. The molecule has 1 amide bonds. The first kappa shape index (κ1) is 26.7. The summed E-state index contributed by atoms with van der Waals surface area (Å²) in [6.07, 6.45) is 3.34. The fourth-order valence-corrected chi connectivity index (χ4v) is 4.78. The van der Waals surface area contributed by atoms with E-state index in [9.17, 15) is 23.5 Å². The van der Waals surface area contributed by atoms with Gasteiger partial charge in [-0.3, -0.25) is 9.59 Å². The Morgan fingerprint density at radius 2 is 1.78 bits per heavy atom. The van der Waals surface area contributed by atoms with Crippen LogP contribution in [0, 0.1) is 17.6 Å². The normalized spacial score (nSPS) is 13.9. The van der Waals surface area contributed by atoms with Gasteiger partial charge in [-0.05, 0) is 72.5 Å². The average Bonchev–Trinajstić information content (AvgIpc) is 3.38. The minimum Gasteiger partial charge on any atom is -0.486 e. The van der Waals surface area contributed by atoms with Crippen molar-refractivity contribution in [3.8, 4) is 16.9 Å². The first-order valence-corrected chi connectivity index (χ1v) is 13.0. The van der Waals surface area contributed by atoms with Crippen molar-refractivity contribution in [3.05, 3.63) is 71.7 Å². The SMILES string of the molecule is CSc1cc(F)c(F)cc1-c1ccc(OCc2ccc(C(=O)N(CC(=O)O)CC3CCOCC3)o2)cc1. The van der Waals surface area contributed by atoms with Gasteiger partial charge in [0.1, 0.15) is 24.7 Å². The van der Waals surface area contributed by atoms with Crippen molar-refractivity contribution in [2.75, 3.05) is 32.6 Å². The van der Waals surface area contributed by atoms with Crippen molar-refractivity contribution in [2.45, 2.75) is 24.3 Å². The second-order valence-corrected chi connectivity index (χ2v) is 9.53. The molecule has 1 fully saturated rings. The quantitative estimate of drug-likeness (QED) is 0.347. The van der Waals surface area contributed by atoms with Gasteiger partial charge in [-0.15, -0.1) is 11.8 Å². The largest absolute Gasteiger partial charge is 0.486 e. The zero-order valence-corrected chi connectivity index (χ0v) is 21.1. The molecule has 37 heavy (non-hydrogen) atoms. The monoisotopic (exact) mass is 531 g/mol. The number of hydrogen-bond acceptors (Lipinski definition) is 6. The number of aliphatic carboxylic acids is 1. The molecular weight excluding hydrogens is 504 g/mol. The molecule has 0 saturated carbocycles. The summed E-state index contributed by atoms with van der Waals surface area (Å²) in [6.45, 7) is 1.16. The van der Waals surface area contributed by atoms with Crippen LogP contribution < -0.4 is 4.74 Å². The van der Waals surface area contributed by atoms with Crippen molar-refractivity contribution < 1.29 is 37.4 Å². The number of hydrogen-bond donors (Lipinski definition) is 1. The van der Waals surface area contributed by atoms with Crippen LogP contribution in [0.15, 0.2) is 57.8 Å². The molecule has 0 radical (unpaired) electrons. The number of nitrogens with zero attached hydrogens (tertiary/aromatic N) is 1. The Hall–Kier alpha value is -3.37. The number of carboxylic acid groups (broad SMARTS) is 1. The van der Waals surface area contributed by atoms with Crippen LogP contribution in [0.2, 0.25) is 0 Å². The molecular formula is C27H27F2NO6S. The minimum absolute atomic E-state index is 0.0465. The van der Waals surface area contributed by atoms with Crippen molar-refractivity contribution in [3.63, 3.8) is 0 Å². The van der Waals surface area contributed by atoms with Crippen molar-refractivity contribution >= 4 is 23.6 Å². The standard InChI is InChI=1S/C27H27F2NO6S/c1-37-25-13-23(29)22(28)12-21(25)18-2-4-19(5-3-18)35-16-20-6-7-24(36-20)27(33)30(15-26(31)32)14-17-8-10-34-11-9-17/h2-7,12-13,17H,8-11,14-16H2,1H3,(H,31,32). The van der Waals surface area contributed by atoms with Crippen molar-refractivity contribution in [2.24, 2.45) is 5.92 Å². The van der Waals surface area contributed by atoms with E-state index in [1.807, 2.05) is 0 Å². The number of benzene rings is 2. The molecule has 2 heterocycles. The number of amides is 1. The number of carbonyl (C=O) groups excluding carboxylic acids is 1. The third-order valence-electron chi connectivity index (χ3n) is 6.09. The zero-order valence-electron chi connectivity index (χ0n) is 20.2. The fraction of sp³-hybridized carbons (Fsp3) is 0.333. The van der Waals surface area contributed by atoms with Gasteiger partial charge >= 0.3 is 5.97 Å². The number of carbonyl (C=O) groups is 2. The van der Waals surface area contributed by atoms with E-state index in [1.165, 1.54) is 34.9 Å². The van der Waals surface area contributed by atoms with Crippen LogP contribution in [0.3, 0.4) is 0 Å². The Morgan fingerprint density at radius 1 is 1.08 bits per heavy atom. The highest BCUT2D eigenvalue weighted by Crippen LogP contribution is 2.33. The predicted octanol–water partition coefficient (Wildman–Crippen LogP) is 5.48. The van der Waals surface area contributed by atoms with Crippen LogP contribution in [-0.2, 0) is 16.1 Å². The molecule has 1 aromatic heterocycles. The molecule has 7 nitrogen and oxygen atoms in total. The molecule has 1 aliphatic heterocycles. The smallest absolute Gasteiger partial charge is 0.323 e. The van der Waals surface area contributed by atoms with Crippen LogP contribution in [0.1, 0.15) is 29.2 Å². The number of furan rings is 1. The van der Waals surface area contributed by atoms with E-state index in [0.717, 1.165) is 12.8 Å². The molecule has 2 aromatic carbocycles. The highest BCUT2D eigenvalue weighted by molar-refractivity contribution is 7.98. The van der Waals surface area contributed by atoms with Crippen LogP contribution in [0.5, 0.6) is 5.75 Å². The molecule has 0 spiro atoms. The number of thioether (sulfide) groups is 1. The summed E-state index contributed by atoms with van der Waals surface area (Å²) in [7, 11) is 0. The van der Waals surface area contributed by atoms with Gasteiger partial charge in [0.25, 0.3) is 5.91 Å². The first-order chi connectivity index (χ1) is 17.8. The van der Waals surface area contributed by atoms with Gasteiger partial charge in [0.15, 0.2) is 17.4 Å². The Kier molecular flexibility index (Phi) is 8.83. The molecule has 10 heteroatoms. The number of ether oxygens (including phenoxy) is 2. The van der Waals surface area contributed by atoms with E-state index >= 15 is 0 Å². The summed E-state index contributed by atoms with van der Waals surface area (Å²) < 4.78 is 44.1. The van der Waals surface area contributed by atoms with Crippen molar-refractivity contribution in [1.29, 1.82) is 0 Å². The van der Waals surface area contributed by atoms with E-state index < -0.39 is 30.1 Å². The summed E-state index contributed by atoms with van der Waals surface area (Å²) >= 11 is 1.32. The molecule has 1 saturated heterocycles. The van der Waals surface area contributed by atoms with Crippen LogP contribution in [-0.4, -0.2) is 54.4 Å². The second-order valence-electron chi connectivity index (χ2n) is 8.68. The molecule has 0 unspecified atom stereocenters. The Bertz CT molecular complexity index is 1240. The van der Waals surface area contributed by atoms with Crippen molar-refractivity contribution in [1.82, 2.24) is 4.90 Å². The molecule has 196 valence electrons. The van der Waals surface area contributed by atoms with Gasteiger partial charge in [0.05, 0.1) is 0 Å². The maximum absolute atomic E-state index is 13.8. The average molecular weight is 532 g/mol. The Labute approximate surface area is 217 Å². The van der Waals surface area contributed by atoms with Gasteiger partial charge in [0, 0.05) is 24.7 Å². The van der Waals surface area contributed by atoms with E-state index in [0.29, 0.717) is 47.3 Å². The second kappa shape index (κ2) is 12.2. The Morgan fingerprint density at radius 3 is 2.46 bits per heavy atom. The van der Waals surface area contributed by atoms with E-state index in [4.69, 9.17) is 13.9 Å². The third-order valence-corrected chi connectivity index (χ3v) is 6.87. The summed E-state index contributed by atoms with van der Waals surface area (Å²) in [5.74, 6) is -2.23. The third kappa shape index (κ3) is 6.90. The number of halogens is 2. The molecule has 1 N–H and O–H groups in total. The van der Waals surface area contributed by atoms with Gasteiger partial charge in [0.2, 0.25) is 0 Å². The van der Waals surface area contributed by atoms with E-state index in [2.05, 4.69) is 0 Å². The highest BCUT2D eigenvalue weighted by Gasteiger charge is 2.26. The summed E-state index contributed by atoms with van der Waals surface area (Å²) in [5.41, 5.74) is 1.29. The zero-order chi connectivity index (χ0) is 26.4. The topological polar surface area (TPSA) is 89.2 Å². The maximum atomic E-state index is 13.8. The fourth-order valence-electron chi connectivity index (χ4n) is 4.16. The molecule has 0 aliphatic carbocycles.